The Morgan fingerprint density at radius 1 is 1.22 bits per heavy atom. The van der Waals surface area contributed by atoms with Crippen LogP contribution in [0.15, 0.2) is 18.2 Å². The van der Waals surface area contributed by atoms with Crippen LogP contribution in [0.2, 0.25) is 10.0 Å². The van der Waals surface area contributed by atoms with Gasteiger partial charge < -0.3 is 10.6 Å². The highest BCUT2D eigenvalue weighted by molar-refractivity contribution is 6.42. The monoisotopic (exact) mass is 288 g/mol. The van der Waals surface area contributed by atoms with Gasteiger partial charge in [-0.1, -0.05) is 44.0 Å². The number of nitrogens with one attached hydrogen (secondary N) is 2. The lowest BCUT2D eigenvalue weighted by Crippen LogP contribution is -2.43. The second-order valence-electron chi connectivity index (χ2n) is 5.32. The molecule has 0 radical (unpaired) electrons. The number of urea groups is 1. The highest BCUT2D eigenvalue weighted by Gasteiger charge is 2.21. The molecule has 0 aliphatic heterocycles. The smallest absolute Gasteiger partial charge is 0.319 e. The largest absolute Gasteiger partial charge is 0.335 e. The molecule has 1 atom stereocenters. The average molecular weight is 289 g/mol. The predicted octanol–water partition coefficient (Wildman–Crippen LogP) is 4.55. The van der Waals surface area contributed by atoms with Crippen molar-refractivity contribution in [3.8, 4) is 0 Å². The van der Waals surface area contributed by atoms with Gasteiger partial charge in [0.1, 0.15) is 0 Å². The maximum atomic E-state index is 11.8. The van der Waals surface area contributed by atoms with E-state index in [1.165, 1.54) is 0 Å². The molecular weight excluding hydrogens is 271 g/mol. The van der Waals surface area contributed by atoms with E-state index in [4.69, 9.17) is 23.2 Å². The molecule has 0 aromatic heterocycles. The van der Waals surface area contributed by atoms with Crippen molar-refractivity contribution < 1.29 is 4.79 Å². The first kappa shape index (κ1) is 15.1. The molecule has 0 spiro atoms. The zero-order valence-corrected chi connectivity index (χ0v) is 12.5. The molecular formula is C13H18Cl2N2O. The molecule has 2 amide bonds. The Hall–Kier alpha value is -0.930. The number of benzene rings is 1. The summed E-state index contributed by atoms with van der Waals surface area (Å²) in [5.74, 6) is 0. The third kappa shape index (κ3) is 4.39. The Kier molecular flexibility index (Phi) is 4.88. The molecule has 1 aromatic rings. The normalized spacial score (nSPS) is 13.0. The zero-order chi connectivity index (χ0) is 13.9. The van der Waals surface area contributed by atoms with Crippen molar-refractivity contribution in [2.24, 2.45) is 5.41 Å². The molecule has 5 heteroatoms. The predicted molar refractivity (Wildman–Crippen MR) is 77.5 cm³/mol. The Balaban J connectivity index is 2.62. The topological polar surface area (TPSA) is 41.1 Å². The number of halogens is 2. The van der Waals surface area contributed by atoms with Gasteiger partial charge >= 0.3 is 6.03 Å². The standard InChI is InChI=1S/C13H18Cl2N2O/c1-8(13(2,3)4)16-12(18)17-9-5-6-10(14)11(15)7-9/h5-8H,1-4H3,(H2,16,17,18)/t8-/m0/s1. The molecule has 3 nitrogen and oxygen atoms in total. The fourth-order valence-electron chi connectivity index (χ4n) is 1.15. The minimum Gasteiger partial charge on any atom is -0.335 e. The van der Waals surface area contributed by atoms with E-state index in [0.29, 0.717) is 15.7 Å². The molecule has 0 aliphatic rings. The molecule has 18 heavy (non-hydrogen) atoms. The minimum absolute atomic E-state index is 0.00891. The number of carbonyl (C=O) groups is 1. The molecule has 0 fully saturated rings. The molecule has 0 saturated carbocycles. The van der Waals surface area contributed by atoms with Crippen LogP contribution in [0.4, 0.5) is 10.5 Å². The van der Waals surface area contributed by atoms with Crippen molar-refractivity contribution in [2.45, 2.75) is 33.7 Å². The van der Waals surface area contributed by atoms with Gasteiger partial charge in [0, 0.05) is 11.7 Å². The maximum absolute atomic E-state index is 11.8. The van der Waals surface area contributed by atoms with Crippen molar-refractivity contribution >= 4 is 34.9 Å². The van der Waals surface area contributed by atoms with Gasteiger partial charge in [-0.2, -0.15) is 0 Å². The summed E-state index contributed by atoms with van der Waals surface area (Å²) in [6, 6.07) is 4.77. The number of hydrogen-bond donors (Lipinski definition) is 2. The zero-order valence-electron chi connectivity index (χ0n) is 11.0. The van der Waals surface area contributed by atoms with Crippen LogP contribution in [0.5, 0.6) is 0 Å². The van der Waals surface area contributed by atoms with Crippen LogP contribution in [0.3, 0.4) is 0 Å². The van der Waals surface area contributed by atoms with E-state index in [-0.39, 0.29) is 17.5 Å². The van der Waals surface area contributed by atoms with Gasteiger partial charge in [0.15, 0.2) is 0 Å². The molecule has 100 valence electrons. The van der Waals surface area contributed by atoms with E-state index in [1.807, 2.05) is 6.92 Å². The Morgan fingerprint density at radius 2 is 1.83 bits per heavy atom. The van der Waals surface area contributed by atoms with Gasteiger partial charge in [-0.3, -0.25) is 0 Å². The average Bonchev–Trinajstić information content (AvgIpc) is 2.22. The molecule has 0 heterocycles. The number of rotatable bonds is 2. The van der Waals surface area contributed by atoms with Crippen LogP contribution in [0, 0.1) is 5.41 Å². The molecule has 0 unspecified atom stereocenters. The quantitative estimate of drug-likeness (QED) is 0.824. The summed E-state index contributed by atoms with van der Waals surface area (Å²) in [4.78, 5) is 11.8. The van der Waals surface area contributed by atoms with Crippen LogP contribution < -0.4 is 10.6 Å². The summed E-state index contributed by atoms with van der Waals surface area (Å²) in [6.45, 7) is 8.17. The second kappa shape index (κ2) is 5.81. The first-order valence-electron chi connectivity index (χ1n) is 5.72. The van der Waals surface area contributed by atoms with Crippen molar-refractivity contribution in [1.82, 2.24) is 5.32 Å². The number of carbonyl (C=O) groups excluding carboxylic acids is 1. The SMILES string of the molecule is C[C@H](NC(=O)Nc1ccc(Cl)c(Cl)c1)C(C)(C)C. The second-order valence-corrected chi connectivity index (χ2v) is 6.13. The first-order valence-corrected chi connectivity index (χ1v) is 6.48. The Morgan fingerprint density at radius 3 is 2.33 bits per heavy atom. The van der Waals surface area contributed by atoms with Crippen molar-refractivity contribution in [2.75, 3.05) is 5.32 Å². The lowest BCUT2D eigenvalue weighted by atomic mass is 9.88. The lowest BCUT2D eigenvalue weighted by Gasteiger charge is -2.28. The lowest BCUT2D eigenvalue weighted by molar-refractivity contribution is 0.233. The van der Waals surface area contributed by atoms with Crippen LogP contribution in [0.25, 0.3) is 0 Å². The van der Waals surface area contributed by atoms with E-state index >= 15 is 0 Å². The van der Waals surface area contributed by atoms with E-state index < -0.39 is 0 Å². The van der Waals surface area contributed by atoms with Crippen LogP contribution in [0.1, 0.15) is 27.7 Å². The fraction of sp³-hybridized carbons (Fsp3) is 0.462. The first-order chi connectivity index (χ1) is 8.20. The molecule has 1 rings (SSSR count). The summed E-state index contributed by atoms with van der Waals surface area (Å²) in [6.07, 6.45) is 0. The number of hydrogen-bond acceptors (Lipinski definition) is 1. The van der Waals surface area contributed by atoms with E-state index in [9.17, 15) is 4.79 Å². The molecule has 0 aliphatic carbocycles. The molecule has 2 N–H and O–H groups in total. The van der Waals surface area contributed by atoms with E-state index in [1.54, 1.807) is 18.2 Å². The van der Waals surface area contributed by atoms with Crippen molar-refractivity contribution in [3.63, 3.8) is 0 Å². The van der Waals surface area contributed by atoms with Gasteiger partial charge in [-0.25, -0.2) is 4.79 Å². The molecule has 1 aromatic carbocycles. The summed E-state index contributed by atoms with van der Waals surface area (Å²) in [7, 11) is 0. The summed E-state index contributed by atoms with van der Waals surface area (Å²) < 4.78 is 0. The third-order valence-electron chi connectivity index (χ3n) is 2.82. The summed E-state index contributed by atoms with van der Waals surface area (Å²) >= 11 is 11.7. The Bertz CT molecular complexity index is 441. The highest BCUT2D eigenvalue weighted by atomic mass is 35.5. The van der Waals surface area contributed by atoms with Gasteiger partial charge in [-0.15, -0.1) is 0 Å². The van der Waals surface area contributed by atoms with Crippen LogP contribution in [-0.4, -0.2) is 12.1 Å². The summed E-state index contributed by atoms with van der Waals surface area (Å²) in [5, 5.41) is 6.47. The van der Waals surface area contributed by atoms with Crippen LogP contribution in [-0.2, 0) is 0 Å². The number of amides is 2. The Labute approximate surface area is 118 Å². The molecule has 0 saturated heterocycles. The van der Waals surface area contributed by atoms with Crippen LogP contribution >= 0.6 is 23.2 Å². The number of anilines is 1. The van der Waals surface area contributed by atoms with Crippen molar-refractivity contribution in [1.29, 1.82) is 0 Å². The van der Waals surface area contributed by atoms with Gasteiger partial charge in [-0.05, 0) is 30.5 Å². The maximum Gasteiger partial charge on any atom is 0.319 e. The van der Waals surface area contributed by atoms with Gasteiger partial charge in [0.05, 0.1) is 10.0 Å². The minimum atomic E-state index is -0.254. The molecule has 0 bridgehead atoms. The van der Waals surface area contributed by atoms with E-state index in [2.05, 4.69) is 31.4 Å². The van der Waals surface area contributed by atoms with Crippen molar-refractivity contribution in [3.05, 3.63) is 28.2 Å². The third-order valence-corrected chi connectivity index (χ3v) is 3.56. The van der Waals surface area contributed by atoms with E-state index in [0.717, 1.165) is 0 Å². The fourth-order valence-corrected chi connectivity index (χ4v) is 1.45. The summed E-state index contributed by atoms with van der Waals surface area (Å²) in [5.41, 5.74) is 0.623. The van der Waals surface area contributed by atoms with Gasteiger partial charge in [0.2, 0.25) is 0 Å². The van der Waals surface area contributed by atoms with Gasteiger partial charge in [0.25, 0.3) is 0 Å². The highest BCUT2D eigenvalue weighted by Crippen LogP contribution is 2.25.